The molecule has 1 N–H and O–H groups in total. The van der Waals surface area contributed by atoms with E-state index in [0.717, 1.165) is 10.0 Å². The van der Waals surface area contributed by atoms with Crippen LogP contribution < -0.4 is 0 Å². The molecule has 1 nitrogen and oxygen atoms in total. The van der Waals surface area contributed by atoms with Gasteiger partial charge in [-0.15, -0.1) is 0 Å². The molecule has 66 valence electrons. The first kappa shape index (κ1) is 10.0. The minimum absolute atomic E-state index is 0.317. The first-order chi connectivity index (χ1) is 5.59. The number of aliphatic hydroxyl groups is 1. The van der Waals surface area contributed by atoms with Crippen LogP contribution >= 0.6 is 27.5 Å². The van der Waals surface area contributed by atoms with E-state index in [1.165, 1.54) is 0 Å². The van der Waals surface area contributed by atoms with Crippen molar-refractivity contribution in [2.24, 2.45) is 0 Å². The predicted molar refractivity (Wildman–Crippen MR) is 54.5 cm³/mol. The van der Waals surface area contributed by atoms with Gasteiger partial charge in [-0.2, -0.15) is 0 Å². The van der Waals surface area contributed by atoms with Crippen molar-refractivity contribution in [3.05, 3.63) is 33.3 Å². The molecule has 0 spiro atoms. The molecular weight excluding hydrogens is 239 g/mol. The van der Waals surface area contributed by atoms with Gasteiger partial charge in [0, 0.05) is 9.50 Å². The largest absolute Gasteiger partial charge is 0.393 e. The second-order valence-corrected chi connectivity index (χ2v) is 4.08. The van der Waals surface area contributed by atoms with Gasteiger partial charge < -0.3 is 5.11 Å². The fourth-order valence-electron chi connectivity index (χ4n) is 1.01. The molecule has 0 aliphatic heterocycles. The van der Waals surface area contributed by atoms with E-state index in [-0.39, 0.29) is 6.10 Å². The van der Waals surface area contributed by atoms with Crippen LogP contribution in [0.25, 0.3) is 0 Å². The molecule has 0 bridgehead atoms. The van der Waals surface area contributed by atoms with Gasteiger partial charge in [0.2, 0.25) is 0 Å². The lowest BCUT2D eigenvalue weighted by atomic mass is 10.1. The Morgan fingerprint density at radius 3 is 2.75 bits per heavy atom. The summed E-state index contributed by atoms with van der Waals surface area (Å²) in [4.78, 5) is 0. The maximum atomic E-state index is 9.15. The van der Waals surface area contributed by atoms with Crippen LogP contribution in [-0.2, 0) is 6.42 Å². The van der Waals surface area contributed by atoms with Gasteiger partial charge in [0.15, 0.2) is 0 Å². The summed E-state index contributed by atoms with van der Waals surface area (Å²) in [5.74, 6) is 0. The molecule has 0 aliphatic carbocycles. The smallest absolute Gasteiger partial charge is 0.0552 e. The van der Waals surface area contributed by atoms with Crippen LogP contribution in [0.2, 0.25) is 5.02 Å². The van der Waals surface area contributed by atoms with E-state index in [9.17, 15) is 0 Å². The predicted octanol–water partition coefficient (Wildman–Crippen LogP) is 3.03. The van der Waals surface area contributed by atoms with Crippen LogP contribution in [0, 0.1) is 0 Å². The topological polar surface area (TPSA) is 20.2 Å². The van der Waals surface area contributed by atoms with Crippen molar-refractivity contribution in [1.82, 2.24) is 0 Å². The Morgan fingerprint density at radius 1 is 1.58 bits per heavy atom. The van der Waals surface area contributed by atoms with Gasteiger partial charge in [0.25, 0.3) is 0 Å². The quantitative estimate of drug-likeness (QED) is 0.854. The normalized spacial score (nSPS) is 13.0. The zero-order valence-corrected chi connectivity index (χ0v) is 9.06. The molecule has 0 aromatic heterocycles. The van der Waals surface area contributed by atoms with E-state index in [0.29, 0.717) is 11.4 Å². The highest BCUT2D eigenvalue weighted by Crippen LogP contribution is 2.22. The first-order valence-corrected chi connectivity index (χ1v) is 4.88. The molecule has 0 saturated heterocycles. The summed E-state index contributed by atoms with van der Waals surface area (Å²) < 4.78 is 0.955. The van der Waals surface area contributed by atoms with Crippen molar-refractivity contribution in [1.29, 1.82) is 0 Å². The first-order valence-electron chi connectivity index (χ1n) is 3.71. The summed E-state index contributed by atoms with van der Waals surface area (Å²) in [5.41, 5.74) is 1.08. The highest BCUT2D eigenvalue weighted by Gasteiger charge is 2.03. The van der Waals surface area contributed by atoms with E-state index in [2.05, 4.69) is 15.9 Å². The van der Waals surface area contributed by atoms with Crippen molar-refractivity contribution in [2.75, 3.05) is 0 Å². The molecule has 1 aromatic carbocycles. The fourth-order valence-corrected chi connectivity index (χ4v) is 1.85. The minimum Gasteiger partial charge on any atom is -0.393 e. The summed E-state index contributed by atoms with van der Waals surface area (Å²) >= 11 is 9.14. The number of aliphatic hydroxyl groups excluding tert-OH is 1. The second kappa shape index (κ2) is 4.26. The van der Waals surface area contributed by atoms with Gasteiger partial charge >= 0.3 is 0 Å². The lowest BCUT2D eigenvalue weighted by molar-refractivity contribution is 0.195. The molecule has 3 heteroatoms. The zero-order chi connectivity index (χ0) is 9.14. The van der Waals surface area contributed by atoms with Crippen LogP contribution in [0.15, 0.2) is 22.7 Å². The molecule has 0 unspecified atom stereocenters. The van der Waals surface area contributed by atoms with Crippen LogP contribution in [0.4, 0.5) is 0 Å². The molecule has 0 amide bonds. The Kier molecular flexibility index (Phi) is 3.56. The summed E-state index contributed by atoms with van der Waals surface area (Å²) in [6, 6.07) is 5.57. The van der Waals surface area contributed by atoms with Gasteiger partial charge in [-0.05, 0) is 31.0 Å². The van der Waals surface area contributed by atoms with Crippen LogP contribution in [-0.4, -0.2) is 11.2 Å². The van der Waals surface area contributed by atoms with Crippen molar-refractivity contribution in [3.63, 3.8) is 0 Å². The molecule has 1 aromatic rings. The molecule has 12 heavy (non-hydrogen) atoms. The van der Waals surface area contributed by atoms with Crippen molar-refractivity contribution >= 4 is 27.5 Å². The number of hydrogen-bond acceptors (Lipinski definition) is 1. The molecule has 1 atom stereocenters. The van der Waals surface area contributed by atoms with Crippen molar-refractivity contribution in [2.45, 2.75) is 19.4 Å². The standard InChI is InChI=1S/C9H10BrClO/c1-6(12)4-7-2-3-8(11)5-9(7)10/h2-3,5-6,12H,4H2,1H3/t6-/m0/s1. The molecule has 0 heterocycles. The molecule has 1 rings (SSSR count). The van der Waals surface area contributed by atoms with E-state index in [1.54, 1.807) is 6.92 Å². The Balaban J connectivity index is 2.86. The van der Waals surface area contributed by atoms with Crippen LogP contribution in [0.3, 0.4) is 0 Å². The third-order valence-electron chi connectivity index (χ3n) is 1.53. The molecule has 0 fully saturated rings. The fraction of sp³-hybridized carbons (Fsp3) is 0.333. The molecule has 0 saturated carbocycles. The molecule has 0 radical (unpaired) electrons. The van der Waals surface area contributed by atoms with Crippen molar-refractivity contribution < 1.29 is 5.11 Å². The SMILES string of the molecule is C[C@H](O)Cc1ccc(Cl)cc1Br. The van der Waals surface area contributed by atoms with Gasteiger partial charge in [-0.3, -0.25) is 0 Å². The lowest BCUT2D eigenvalue weighted by Gasteiger charge is -2.06. The summed E-state index contributed by atoms with van der Waals surface area (Å²) in [5, 5.41) is 9.85. The highest BCUT2D eigenvalue weighted by atomic mass is 79.9. The number of hydrogen-bond donors (Lipinski definition) is 1. The van der Waals surface area contributed by atoms with Crippen molar-refractivity contribution in [3.8, 4) is 0 Å². The van der Waals surface area contributed by atoms with E-state index in [1.807, 2.05) is 18.2 Å². The average Bonchev–Trinajstić information content (AvgIpc) is 1.94. The third-order valence-corrected chi connectivity index (χ3v) is 2.50. The van der Waals surface area contributed by atoms with Crippen LogP contribution in [0.5, 0.6) is 0 Å². The molecule has 0 aliphatic rings. The Bertz CT molecular complexity index is 273. The van der Waals surface area contributed by atoms with Gasteiger partial charge in [-0.1, -0.05) is 33.6 Å². The third kappa shape index (κ3) is 2.77. The summed E-state index contributed by atoms with van der Waals surface area (Å²) in [6.07, 6.45) is 0.333. The highest BCUT2D eigenvalue weighted by molar-refractivity contribution is 9.10. The maximum absolute atomic E-state index is 9.15. The summed E-state index contributed by atoms with van der Waals surface area (Å²) in [6.45, 7) is 1.76. The Hall–Kier alpha value is -0.0500. The van der Waals surface area contributed by atoms with E-state index in [4.69, 9.17) is 16.7 Å². The second-order valence-electron chi connectivity index (χ2n) is 2.79. The zero-order valence-electron chi connectivity index (χ0n) is 6.72. The average molecular weight is 250 g/mol. The minimum atomic E-state index is -0.317. The molecular formula is C9H10BrClO. The van der Waals surface area contributed by atoms with Gasteiger partial charge in [-0.25, -0.2) is 0 Å². The maximum Gasteiger partial charge on any atom is 0.0552 e. The summed E-state index contributed by atoms with van der Waals surface area (Å²) in [7, 11) is 0. The monoisotopic (exact) mass is 248 g/mol. The number of rotatable bonds is 2. The Morgan fingerprint density at radius 2 is 2.25 bits per heavy atom. The lowest BCUT2D eigenvalue weighted by Crippen LogP contribution is -2.04. The van der Waals surface area contributed by atoms with Gasteiger partial charge in [0.05, 0.1) is 6.10 Å². The van der Waals surface area contributed by atoms with E-state index >= 15 is 0 Å². The number of benzene rings is 1. The Labute approximate surface area is 85.5 Å². The number of halogens is 2. The van der Waals surface area contributed by atoms with Gasteiger partial charge in [0.1, 0.15) is 0 Å². The van der Waals surface area contributed by atoms with Crippen LogP contribution in [0.1, 0.15) is 12.5 Å². The van der Waals surface area contributed by atoms with E-state index < -0.39 is 0 Å².